The Morgan fingerprint density at radius 3 is 2.55 bits per heavy atom. The van der Waals surface area contributed by atoms with Crippen LogP contribution in [0.25, 0.3) is 0 Å². The van der Waals surface area contributed by atoms with Gasteiger partial charge in [-0.25, -0.2) is 21.9 Å². The number of alkyl halides is 2. The van der Waals surface area contributed by atoms with Crippen LogP contribution in [0.1, 0.15) is 12.8 Å². The molecule has 0 heterocycles. The molecule has 4 N–H and O–H groups in total. The summed E-state index contributed by atoms with van der Waals surface area (Å²) in [4.78, 5) is -0.0280. The van der Waals surface area contributed by atoms with E-state index < -0.39 is 29.0 Å². The zero-order chi connectivity index (χ0) is 14.8. The van der Waals surface area contributed by atoms with E-state index in [9.17, 15) is 17.2 Å². The molecule has 0 saturated heterocycles. The number of nitrogens with two attached hydrogens (primary N) is 1. The van der Waals surface area contributed by atoms with Gasteiger partial charge in [-0.2, -0.15) is 0 Å². The van der Waals surface area contributed by atoms with Crippen molar-refractivity contribution in [1.29, 1.82) is 0 Å². The summed E-state index contributed by atoms with van der Waals surface area (Å²) in [6.07, 6.45) is 1.61. The molecule has 1 aliphatic rings. The van der Waals surface area contributed by atoms with Gasteiger partial charge in [0, 0.05) is 6.04 Å². The molecule has 2 rings (SSSR count). The van der Waals surface area contributed by atoms with Crippen molar-refractivity contribution >= 4 is 15.7 Å². The van der Waals surface area contributed by atoms with Gasteiger partial charge in [0.1, 0.15) is 4.90 Å². The normalized spacial score (nSPS) is 16.1. The third-order valence-corrected chi connectivity index (χ3v) is 4.49. The first kappa shape index (κ1) is 15.1. The minimum atomic E-state index is -3.69. The number of benzene rings is 1. The van der Waals surface area contributed by atoms with E-state index in [0.29, 0.717) is 0 Å². The van der Waals surface area contributed by atoms with Crippen LogP contribution in [0.15, 0.2) is 29.2 Å². The van der Waals surface area contributed by atoms with Gasteiger partial charge >= 0.3 is 0 Å². The fourth-order valence-corrected chi connectivity index (χ4v) is 3.12. The lowest BCUT2D eigenvalue weighted by atomic mass is 10.3. The molecule has 5 nitrogen and oxygen atoms in total. The number of nitrogens with one attached hydrogen (secondary N) is 2. The third-order valence-electron chi connectivity index (χ3n) is 2.91. The Bertz CT molecular complexity index is 574. The maximum atomic E-state index is 13.1. The number of sulfonamides is 1. The van der Waals surface area contributed by atoms with Crippen LogP contribution in [0, 0.1) is 0 Å². The highest BCUT2D eigenvalue weighted by Gasteiger charge is 2.30. The average molecular weight is 305 g/mol. The van der Waals surface area contributed by atoms with Gasteiger partial charge in [-0.1, -0.05) is 12.1 Å². The van der Waals surface area contributed by atoms with Crippen LogP contribution in [0.2, 0.25) is 0 Å². The number of halogens is 2. The van der Waals surface area contributed by atoms with Gasteiger partial charge in [0.05, 0.1) is 18.8 Å². The van der Waals surface area contributed by atoms with Crippen LogP contribution in [0.4, 0.5) is 14.5 Å². The molecule has 1 aromatic rings. The molecule has 20 heavy (non-hydrogen) atoms. The second-order valence-corrected chi connectivity index (χ2v) is 6.49. The number of rotatable bonds is 7. The zero-order valence-corrected chi connectivity index (χ0v) is 11.6. The predicted molar refractivity (Wildman–Crippen MR) is 72.3 cm³/mol. The number of para-hydroxylation sites is 1. The standard InChI is InChI=1S/C12H17F2N3O2S/c13-12(14,7-15)8-16-10-3-1-2-4-11(10)20(18,19)17-9-5-6-9/h1-4,9,16-17H,5-8,15H2. The molecule has 1 aliphatic carbocycles. The van der Waals surface area contributed by atoms with Crippen LogP contribution >= 0.6 is 0 Å². The molecular weight excluding hydrogens is 288 g/mol. The summed E-state index contributed by atoms with van der Waals surface area (Å²) < 4.78 is 53.1. The van der Waals surface area contributed by atoms with Crippen molar-refractivity contribution in [2.75, 3.05) is 18.4 Å². The number of hydrogen-bond acceptors (Lipinski definition) is 4. The minimum absolute atomic E-state index is 0.0280. The first-order valence-electron chi connectivity index (χ1n) is 6.27. The Kier molecular flexibility index (Phi) is 4.26. The van der Waals surface area contributed by atoms with E-state index in [2.05, 4.69) is 10.0 Å². The summed E-state index contributed by atoms with van der Waals surface area (Å²) in [5.41, 5.74) is 5.09. The monoisotopic (exact) mass is 305 g/mol. The van der Waals surface area contributed by atoms with Crippen molar-refractivity contribution in [3.8, 4) is 0 Å². The van der Waals surface area contributed by atoms with Crippen molar-refractivity contribution in [3.05, 3.63) is 24.3 Å². The highest BCUT2D eigenvalue weighted by molar-refractivity contribution is 7.89. The number of anilines is 1. The fraction of sp³-hybridized carbons (Fsp3) is 0.500. The molecule has 0 aromatic heterocycles. The lowest BCUT2D eigenvalue weighted by Gasteiger charge is -2.17. The molecule has 0 amide bonds. The molecular formula is C12H17F2N3O2S. The largest absolute Gasteiger partial charge is 0.378 e. The van der Waals surface area contributed by atoms with Crippen molar-refractivity contribution < 1.29 is 17.2 Å². The topological polar surface area (TPSA) is 84.2 Å². The fourth-order valence-electron chi connectivity index (χ4n) is 1.63. The highest BCUT2D eigenvalue weighted by atomic mass is 32.2. The summed E-state index contributed by atoms with van der Waals surface area (Å²) in [6, 6.07) is 5.92. The molecule has 1 saturated carbocycles. The Morgan fingerprint density at radius 1 is 1.30 bits per heavy atom. The second kappa shape index (κ2) is 5.63. The molecule has 1 fully saturated rings. The van der Waals surface area contributed by atoms with Gasteiger partial charge in [0.15, 0.2) is 0 Å². The third kappa shape index (κ3) is 3.87. The quantitative estimate of drug-likeness (QED) is 0.705. The molecule has 0 spiro atoms. The second-order valence-electron chi connectivity index (χ2n) is 4.81. The maximum Gasteiger partial charge on any atom is 0.276 e. The van der Waals surface area contributed by atoms with Crippen molar-refractivity contribution in [1.82, 2.24) is 4.72 Å². The summed E-state index contributed by atoms with van der Waals surface area (Å²) in [6.45, 7) is -1.51. The maximum absolute atomic E-state index is 13.1. The van der Waals surface area contributed by atoms with E-state index in [0.717, 1.165) is 12.8 Å². The van der Waals surface area contributed by atoms with E-state index in [1.165, 1.54) is 12.1 Å². The van der Waals surface area contributed by atoms with E-state index >= 15 is 0 Å². The van der Waals surface area contributed by atoms with Crippen molar-refractivity contribution in [2.45, 2.75) is 29.7 Å². The van der Waals surface area contributed by atoms with Crippen molar-refractivity contribution in [2.24, 2.45) is 5.73 Å². The van der Waals surface area contributed by atoms with Gasteiger partial charge < -0.3 is 11.1 Å². The van der Waals surface area contributed by atoms with Crippen LogP contribution in [0.3, 0.4) is 0 Å². The lowest BCUT2D eigenvalue weighted by Crippen LogP contribution is -2.36. The van der Waals surface area contributed by atoms with Gasteiger partial charge in [0.2, 0.25) is 10.0 Å². The predicted octanol–water partition coefficient (Wildman–Crippen LogP) is 1.13. The lowest BCUT2D eigenvalue weighted by molar-refractivity contribution is 0.0253. The molecule has 0 bridgehead atoms. The van der Waals surface area contributed by atoms with Gasteiger partial charge in [-0.15, -0.1) is 0 Å². The number of hydrogen-bond donors (Lipinski definition) is 3. The van der Waals surface area contributed by atoms with E-state index in [4.69, 9.17) is 5.73 Å². The Balaban J connectivity index is 2.17. The van der Waals surface area contributed by atoms with Gasteiger partial charge in [-0.05, 0) is 25.0 Å². The van der Waals surface area contributed by atoms with E-state index in [-0.39, 0.29) is 16.6 Å². The summed E-state index contributed by atoms with van der Waals surface area (Å²) >= 11 is 0. The molecule has 0 unspecified atom stereocenters. The summed E-state index contributed by atoms with van der Waals surface area (Å²) in [5.74, 6) is -3.08. The van der Waals surface area contributed by atoms with Crippen LogP contribution in [-0.4, -0.2) is 33.5 Å². The Morgan fingerprint density at radius 2 is 1.95 bits per heavy atom. The molecule has 8 heteroatoms. The van der Waals surface area contributed by atoms with Gasteiger partial charge in [-0.3, -0.25) is 0 Å². The van der Waals surface area contributed by atoms with E-state index in [1.807, 2.05) is 0 Å². The molecule has 0 radical (unpaired) electrons. The van der Waals surface area contributed by atoms with Crippen LogP contribution < -0.4 is 15.8 Å². The molecule has 0 atom stereocenters. The molecule has 1 aromatic carbocycles. The van der Waals surface area contributed by atoms with E-state index in [1.54, 1.807) is 12.1 Å². The summed E-state index contributed by atoms with van der Waals surface area (Å²) in [5, 5.41) is 2.46. The zero-order valence-electron chi connectivity index (χ0n) is 10.8. The Labute approximate surface area is 116 Å². The molecule has 0 aliphatic heterocycles. The smallest absolute Gasteiger partial charge is 0.276 e. The Hall–Kier alpha value is -1.25. The molecule has 112 valence electrons. The minimum Gasteiger partial charge on any atom is -0.378 e. The SMILES string of the molecule is NCC(F)(F)CNc1ccccc1S(=O)(=O)NC1CC1. The first-order chi connectivity index (χ1) is 9.34. The summed E-state index contributed by atoms with van der Waals surface area (Å²) in [7, 11) is -3.69. The van der Waals surface area contributed by atoms with Crippen LogP contribution in [-0.2, 0) is 10.0 Å². The first-order valence-corrected chi connectivity index (χ1v) is 7.75. The van der Waals surface area contributed by atoms with Crippen molar-refractivity contribution in [3.63, 3.8) is 0 Å². The average Bonchev–Trinajstić information content (AvgIpc) is 3.20. The van der Waals surface area contributed by atoms with Gasteiger partial charge in [0.25, 0.3) is 5.92 Å². The highest BCUT2D eigenvalue weighted by Crippen LogP contribution is 2.26. The van der Waals surface area contributed by atoms with Crippen LogP contribution in [0.5, 0.6) is 0 Å².